The van der Waals surface area contributed by atoms with Gasteiger partial charge in [0.25, 0.3) is 0 Å². The van der Waals surface area contributed by atoms with E-state index in [2.05, 4.69) is 10.6 Å². The van der Waals surface area contributed by atoms with E-state index in [0.717, 1.165) is 28.1 Å². The molecule has 2 heterocycles. The van der Waals surface area contributed by atoms with Gasteiger partial charge in [-0.3, -0.25) is 9.69 Å². The molecule has 0 spiro atoms. The first-order valence-corrected chi connectivity index (χ1v) is 12.1. The number of aryl methyl sites for hydroxylation is 2. The van der Waals surface area contributed by atoms with Gasteiger partial charge in [0.15, 0.2) is 10.8 Å². The van der Waals surface area contributed by atoms with Crippen molar-refractivity contribution >= 4 is 46.2 Å². The van der Waals surface area contributed by atoms with Crippen LogP contribution in [0.15, 0.2) is 60.7 Å². The normalized spacial score (nSPS) is 22.5. The molecule has 3 unspecified atom stereocenters. The lowest BCUT2D eigenvalue weighted by Crippen LogP contribution is -2.72. The maximum Gasteiger partial charge on any atom is 0.236 e. The van der Waals surface area contributed by atoms with Gasteiger partial charge in [-0.1, -0.05) is 29.3 Å². The summed E-state index contributed by atoms with van der Waals surface area (Å²) < 4.78 is 12.1. The Bertz CT molecular complexity index is 1330. The van der Waals surface area contributed by atoms with Crippen LogP contribution >= 0.6 is 23.8 Å². The van der Waals surface area contributed by atoms with Crippen LogP contribution in [0.25, 0.3) is 0 Å². The largest absolute Gasteiger partial charge is 0.497 e. The molecule has 3 aromatic carbocycles. The summed E-state index contributed by atoms with van der Waals surface area (Å²) in [6.45, 7) is 5.91. The molecule has 0 aromatic heterocycles. The Morgan fingerprint density at radius 2 is 1.89 bits per heavy atom. The zero-order valence-corrected chi connectivity index (χ0v) is 21.5. The van der Waals surface area contributed by atoms with Gasteiger partial charge in [-0.15, -0.1) is 0 Å². The van der Waals surface area contributed by atoms with Crippen molar-refractivity contribution in [1.29, 1.82) is 0 Å². The summed E-state index contributed by atoms with van der Waals surface area (Å²) in [5.74, 6) is 0.525. The number of carbonyl (C=O) groups excluding carboxylic acids is 1. The van der Waals surface area contributed by atoms with E-state index in [0.29, 0.717) is 21.6 Å². The maximum atomic E-state index is 14.0. The first kappa shape index (κ1) is 23.5. The summed E-state index contributed by atoms with van der Waals surface area (Å²) in [6, 6.07) is 18.5. The predicted octanol–water partition coefficient (Wildman–Crippen LogP) is 5.76. The number of rotatable bonds is 4. The highest BCUT2D eigenvalue weighted by Crippen LogP contribution is 2.50. The second-order valence-electron chi connectivity index (χ2n) is 9.08. The van der Waals surface area contributed by atoms with Gasteiger partial charge in [0.05, 0.1) is 13.2 Å². The van der Waals surface area contributed by atoms with Crippen molar-refractivity contribution in [3.05, 3.63) is 82.4 Å². The topological polar surface area (TPSA) is 62.8 Å². The van der Waals surface area contributed by atoms with Gasteiger partial charge in [0.1, 0.15) is 17.4 Å². The van der Waals surface area contributed by atoms with Gasteiger partial charge in [0.2, 0.25) is 5.91 Å². The lowest BCUT2D eigenvalue weighted by atomic mass is 9.78. The maximum absolute atomic E-state index is 14.0. The summed E-state index contributed by atoms with van der Waals surface area (Å²) in [7, 11) is 1.61. The monoisotopic (exact) mass is 507 g/mol. The van der Waals surface area contributed by atoms with Gasteiger partial charge in [-0.2, -0.15) is 0 Å². The van der Waals surface area contributed by atoms with Crippen LogP contribution in [0.5, 0.6) is 11.5 Å². The summed E-state index contributed by atoms with van der Waals surface area (Å²) in [5, 5.41) is 7.62. The highest BCUT2D eigenvalue weighted by molar-refractivity contribution is 7.80. The lowest BCUT2D eigenvalue weighted by molar-refractivity contribution is -0.130. The fourth-order valence-corrected chi connectivity index (χ4v) is 5.57. The lowest BCUT2D eigenvalue weighted by Gasteiger charge is -2.56. The second-order valence-corrected chi connectivity index (χ2v) is 9.91. The number of carbonyl (C=O) groups is 1. The first-order chi connectivity index (χ1) is 16.7. The fraction of sp³-hybridized carbons (Fsp3) is 0.259. The molecule has 2 aliphatic rings. The Kier molecular flexibility index (Phi) is 5.85. The van der Waals surface area contributed by atoms with E-state index in [4.69, 9.17) is 33.3 Å². The molecule has 0 aliphatic carbocycles. The number of amides is 1. The number of halogens is 1. The van der Waals surface area contributed by atoms with E-state index < -0.39 is 17.7 Å². The number of anilines is 2. The minimum atomic E-state index is -1.11. The first-order valence-electron chi connectivity index (χ1n) is 11.3. The predicted molar refractivity (Wildman–Crippen MR) is 142 cm³/mol. The van der Waals surface area contributed by atoms with Crippen LogP contribution in [-0.2, 0) is 4.79 Å². The molecule has 180 valence electrons. The van der Waals surface area contributed by atoms with Crippen LogP contribution in [0.1, 0.15) is 29.7 Å². The number of hydrogen-bond acceptors (Lipinski definition) is 4. The molecule has 1 amide bonds. The smallest absolute Gasteiger partial charge is 0.236 e. The van der Waals surface area contributed by atoms with Crippen LogP contribution in [0.2, 0.25) is 5.02 Å². The Labute approximate surface area is 215 Å². The van der Waals surface area contributed by atoms with Crippen molar-refractivity contribution < 1.29 is 14.3 Å². The number of methoxy groups -OCH3 is 1. The van der Waals surface area contributed by atoms with Crippen molar-refractivity contribution in [2.24, 2.45) is 5.92 Å². The molecule has 5 rings (SSSR count). The van der Waals surface area contributed by atoms with Gasteiger partial charge >= 0.3 is 0 Å². The number of fused-ring (bicyclic) bond motifs is 4. The third-order valence-corrected chi connectivity index (χ3v) is 7.26. The quantitative estimate of drug-likeness (QED) is 0.437. The van der Waals surface area contributed by atoms with Crippen molar-refractivity contribution in [2.45, 2.75) is 32.5 Å². The van der Waals surface area contributed by atoms with E-state index in [9.17, 15) is 4.79 Å². The summed E-state index contributed by atoms with van der Waals surface area (Å²) >= 11 is 11.9. The average molecular weight is 508 g/mol. The van der Waals surface area contributed by atoms with Gasteiger partial charge in [0, 0.05) is 22.0 Å². The number of nitrogens with zero attached hydrogens (tertiary/aromatic N) is 1. The Morgan fingerprint density at radius 3 is 2.57 bits per heavy atom. The van der Waals surface area contributed by atoms with Crippen molar-refractivity contribution in [3.63, 3.8) is 0 Å². The van der Waals surface area contributed by atoms with E-state index in [1.165, 1.54) is 0 Å². The van der Waals surface area contributed by atoms with Crippen molar-refractivity contribution in [1.82, 2.24) is 5.32 Å². The molecule has 1 fully saturated rings. The fourth-order valence-electron chi connectivity index (χ4n) is 5.03. The Balaban J connectivity index is 1.63. The second kappa shape index (κ2) is 8.73. The van der Waals surface area contributed by atoms with Gasteiger partial charge in [-0.05, 0) is 87.1 Å². The van der Waals surface area contributed by atoms with Crippen LogP contribution < -0.4 is 25.0 Å². The number of hydrogen-bond donors (Lipinski definition) is 2. The van der Waals surface area contributed by atoms with Crippen LogP contribution in [0.4, 0.5) is 11.4 Å². The molecule has 3 atom stereocenters. The molecule has 6 nitrogen and oxygen atoms in total. The van der Waals surface area contributed by atoms with E-state index in [1.54, 1.807) is 19.2 Å². The zero-order valence-electron chi connectivity index (χ0n) is 19.9. The zero-order chi connectivity index (χ0) is 24.9. The number of nitrogens with one attached hydrogen (secondary N) is 2. The van der Waals surface area contributed by atoms with Crippen molar-refractivity contribution in [2.75, 3.05) is 17.3 Å². The molecule has 1 saturated heterocycles. The molecule has 2 bridgehead atoms. The van der Waals surface area contributed by atoms with Crippen LogP contribution in [0, 0.1) is 19.8 Å². The molecule has 2 N–H and O–H groups in total. The molecule has 3 aromatic rings. The number of ether oxygens (including phenoxy) is 2. The highest BCUT2D eigenvalue weighted by Gasteiger charge is 2.59. The molecule has 0 radical (unpaired) electrons. The molecular weight excluding hydrogens is 482 g/mol. The van der Waals surface area contributed by atoms with E-state index in [1.807, 2.05) is 74.2 Å². The highest BCUT2D eigenvalue weighted by atomic mass is 35.5. The minimum absolute atomic E-state index is 0.174. The summed E-state index contributed by atoms with van der Waals surface area (Å²) in [4.78, 5) is 15.8. The summed E-state index contributed by atoms with van der Waals surface area (Å²) in [5.41, 5.74) is 3.37. The molecule has 35 heavy (non-hydrogen) atoms. The summed E-state index contributed by atoms with van der Waals surface area (Å²) in [6.07, 6.45) is 0. The molecule has 0 saturated carbocycles. The average Bonchev–Trinajstić information content (AvgIpc) is 2.81. The number of benzene rings is 3. The third kappa shape index (κ3) is 3.98. The number of thiocarbonyl (C=S) groups is 1. The molecule has 8 heteroatoms. The molecule has 2 aliphatic heterocycles. The SMILES string of the molecule is COc1ccc2c(c1)C1NC(=S)N(c3ccc(Cl)cc3)C(C)(O2)C1C(=O)Nc1ccc(C)cc1C. The van der Waals surface area contributed by atoms with Gasteiger partial charge < -0.3 is 20.1 Å². The van der Waals surface area contributed by atoms with Crippen LogP contribution in [-0.4, -0.2) is 23.9 Å². The standard InChI is InChI=1S/C27H26ClN3O3S/c1-15-5-11-21(16(2)13-15)29-25(32)23-24-20-14-19(33-4)10-12-22(20)34-27(23,3)31(26(35)30-24)18-8-6-17(28)7-9-18/h5-14,23-24H,1-4H3,(H,29,32)(H,30,35). The van der Waals surface area contributed by atoms with Gasteiger partial charge in [-0.25, -0.2) is 0 Å². The van der Waals surface area contributed by atoms with E-state index >= 15 is 0 Å². The third-order valence-electron chi connectivity index (χ3n) is 6.71. The minimum Gasteiger partial charge on any atom is -0.497 e. The van der Waals surface area contributed by atoms with E-state index in [-0.39, 0.29) is 5.91 Å². The van der Waals surface area contributed by atoms with Crippen molar-refractivity contribution in [3.8, 4) is 11.5 Å². The van der Waals surface area contributed by atoms with Crippen LogP contribution in [0.3, 0.4) is 0 Å². The Hall–Kier alpha value is -3.29. The molecular formula is C27H26ClN3O3S. The Morgan fingerprint density at radius 1 is 1.14 bits per heavy atom.